The Morgan fingerprint density at radius 2 is 2.19 bits per heavy atom. The average Bonchev–Trinajstić information content (AvgIpc) is 2.31. The van der Waals surface area contributed by atoms with Crippen molar-refractivity contribution in [3.8, 4) is 0 Å². The maximum Gasteiger partial charge on any atom is 0.133 e. The topological polar surface area (TPSA) is 34.2 Å². The third-order valence-corrected chi connectivity index (χ3v) is 2.49. The maximum absolute atomic E-state index is 5.14. The highest BCUT2D eigenvalue weighted by Gasteiger charge is 2.02. The Hall–Kier alpha value is -1.61. The number of anilines is 1. The van der Waals surface area contributed by atoms with Crippen LogP contribution in [-0.4, -0.2) is 18.6 Å². The Kier molecular flexibility index (Phi) is 3.37. The van der Waals surface area contributed by atoms with E-state index in [0.717, 1.165) is 17.7 Å². The summed E-state index contributed by atoms with van der Waals surface area (Å²) in [6.07, 6.45) is 1.83. The molecular formula is C13H16N2O. The molecule has 0 atom stereocenters. The van der Waals surface area contributed by atoms with Gasteiger partial charge in [-0.3, -0.25) is 0 Å². The molecule has 1 heterocycles. The molecule has 0 saturated carbocycles. The van der Waals surface area contributed by atoms with E-state index in [2.05, 4.69) is 35.4 Å². The van der Waals surface area contributed by atoms with Crippen LogP contribution in [0.2, 0.25) is 0 Å². The molecule has 0 aliphatic rings. The van der Waals surface area contributed by atoms with Gasteiger partial charge in [0, 0.05) is 25.2 Å². The number of ether oxygens (including phenoxy) is 1. The lowest BCUT2D eigenvalue weighted by molar-refractivity contribution is 0.185. The van der Waals surface area contributed by atoms with Gasteiger partial charge in [0.15, 0.2) is 0 Å². The summed E-state index contributed by atoms with van der Waals surface area (Å²) in [7, 11) is 1.71. The number of methoxy groups -OCH3 is 1. The van der Waals surface area contributed by atoms with Crippen LogP contribution in [0.25, 0.3) is 10.8 Å². The van der Waals surface area contributed by atoms with Crippen molar-refractivity contribution in [2.45, 2.75) is 13.5 Å². The smallest absolute Gasteiger partial charge is 0.133 e. The van der Waals surface area contributed by atoms with Crippen LogP contribution >= 0.6 is 0 Å². The Balaban J connectivity index is 2.50. The predicted octanol–water partition coefficient (Wildman–Crippen LogP) is 2.81. The molecule has 2 rings (SSSR count). The highest BCUT2D eigenvalue weighted by molar-refractivity contribution is 5.92. The molecule has 0 radical (unpaired) electrons. The Bertz CT molecular complexity index is 482. The van der Waals surface area contributed by atoms with Gasteiger partial charge in [0.2, 0.25) is 0 Å². The van der Waals surface area contributed by atoms with Crippen molar-refractivity contribution in [2.75, 3.05) is 19.0 Å². The monoisotopic (exact) mass is 216 g/mol. The summed E-state index contributed by atoms with van der Waals surface area (Å²) in [5.41, 5.74) is 1.17. The minimum absolute atomic E-state index is 0.635. The van der Waals surface area contributed by atoms with Crippen molar-refractivity contribution in [3.05, 3.63) is 36.0 Å². The van der Waals surface area contributed by atoms with Crippen molar-refractivity contribution in [1.29, 1.82) is 0 Å². The minimum Gasteiger partial charge on any atom is -0.380 e. The first kappa shape index (κ1) is 10.9. The number of nitrogens with zero attached hydrogens (tertiary/aromatic N) is 1. The summed E-state index contributed by atoms with van der Waals surface area (Å²) in [4.78, 5) is 4.35. The van der Waals surface area contributed by atoms with Crippen LogP contribution in [0.5, 0.6) is 0 Å². The molecule has 0 spiro atoms. The molecular weight excluding hydrogens is 200 g/mol. The number of fused-ring (bicyclic) bond motifs is 1. The highest BCUT2D eigenvalue weighted by Crippen LogP contribution is 2.22. The third-order valence-electron chi connectivity index (χ3n) is 2.49. The number of aromatic nitrogens is 1. The van der Waals surface area contributed by atoms with Gasteiger partial charge in [-0.2, -0.15) is 0 Å². The normalized spacial score (nSPS) is 10.6. The molecule has 0 aliphatic carbocycles. The molecule has 0 saturated heterocycles. The van der Waals surface area contributed by atoms with Crippen LogP contribution in [0.1, 0.15) is 12.5 Å². The Morgan fingerprint density at radius 1 is 1.31 bits per heavy atom. The quantitative estimate of drug-likeness (QED) is 0.853. The van der Waals surface area contributed by atoms with Crippen LogP contribution in [0, 0.1) is 0 Å². The molecule has 0 unspecified atom stereocenters. The van der Waals surface area contributed by atoms with Gasteiger partial charge in [-0.15, -0.1) is 0 Å². The second-order valence-electron chi connectivity index (χ2n) is 3.68. The van der Waals surface area contributed by atoms with Crippen LogP contribution in [0.15, 0.2) is 30.5 Å². The van der Waals surface area contributed by atoms with E-state index >= 15 is 0 Å². The fourth-order valence-electron chi connectivity index (χ4n) is 1.78. The van der Waals surface area contributed by atoms with E-state index in [1.165, 1.54) is 10.9 Å². The van der Waals surface area contributed by atoms with Crippen LogP contribution < -0.4 is 5.32 Å². The molecule has 1 aromatic heterocycles. The van der Waals surface area contributed by atoms with E-state index in [4.69, 9.17) is 4.74 Å². The molecule has 1 aromatic carbocycles. The van der Waals surface area contributed by atoms with Gasteiger partial charge in [0.25, 0.3) is 0 Å². The second-order valence-corrected chi connectivity index (χ2v) is 3.68. The largest absolute Gasteiger partial charge is 0.380 e. The van der Waals surface area contributed by atoms with E-state index in [1.54, 1.807) is 7.11 Å². The molecule has 0 fully saturated rings. The zero-order chi connectivity index (χ0) is 11.4. The van der Waals surface area contributed by atoms with Crippen molar-refractivity contribution in [3.63, 3.8) is 0 Å². The minimum atomic E-state index is 0.635. The Labute approximate surface area is 95.5 Å². The van der Waals surface area contributed by atoms with Gasteiger partial charge in [-0.25, -0.2) is 4.98 Å². The molecule has 0 amide bonds. The standard InChI is InChI=1S/C13H16N2O/c1-3-14-13-12-8-10(9-16-2)4-5-11(12)6-7-15-13/h4-8H,3,9H2,1-2H3,(H,14,15). The molecule has 3 nitrogen and oxygen atoms in total. The van der Waals surface area contributed by atoms with Crippen LogP contribution in [-0.2, 0) is 11.3 Å². The lowest BCUT2D eigenvalue weighted by atomic mass is 10.1. The number of benzene rings is 1. The highest BCUT2D eigenvalue weighted by atomic mass is 16.5. The molecule has 84 valence electrons. The number of hydrogen-bond donors (Lipinski definition) is 1. The van der Waals surface area contributed by atoms with Gasteiger partial charge in [-0.1, -0.05) is 12.1 Å². The SMILES string of the molecule is CCNc1nccc2ccc(COC)cc12. The van der Waals surface area contributed by atoms with Crippen LogP contribution in [0.3, 0.4) is 0 Å². The molecule has 16 heavy (non-hydrogen) atoms. The number of nitrogens with one attached hydrogen (secondary N) is 1. The third kappa shape index (κ3) is 2.14. The number of hydrogen-bond acceptors (Lipinski definition) is 3. The van der Waals surface area contributed by atoms with Crippen molar-refractivity contribution < 1.29 is 4.74 Å². The molecule has 1 N–H and O–H groups in total. The molecule has 2 aromatic rings. The molecule has 3 heteroatoms. The van der Waals surface area contributed by atoms with E-state index in [9.17, 15) is 0 Å². The summed E-state index contributed by atoms with van der Waals surface area (Å²) >= 11 is 0. The van der Waals surface area contributed by atoms with Gasteiger partial charge in [-0.05, 0) is 30.0 Å². The van der Waals surface area contributed by atoms with Gasteiger partial charge in [0.05, 0.1) is 6.61 Å². The van der Waals surface area contributed by atoms with E-state index in [1.807, 2.05) is 12.3 Å². The lowest BCUT2D eigenvalue weighted by Gasteiger charge is -2.08. The first-order valence-electron chi connectivity index (χ1n) is 5.45. The van der Waals surface area contributed by atoms with Gasteiger partial charge in [0.1, 0.15) is 5.82 Å². The van der Waals surface area contributed by atoms with Gasteiger partial charge >= 0.3 is 0 Å². The van der Waals surface area contributed by atoms with E-state index in [0.29, 0.717) is 6.61 Å². The summed E-state index contributed by atoms with van der Waals surface area (Å²) in [5.74, 6) is 0.943. The van der Waals surface area contributed by atoms with E-state index in [-0.39, 0.29) is 0 Å². The second kappa shape index (κ2) is 4.94. The maximum atomic E-state index is 5.14. The zero-order valence-corrected chi connectivity index (χ0v) is 9.66. The first-order valence-corrected chi connectivity index (χ1v) is 5.45. The van der Waals surface area contributed by atoms with Crippen molar-refractivity contribution in [1.82, 2.24) is 4.98 Å². The summed E-state index contributed by atoms with van der Waals surface area (Å²) < 4.78 is 5.14. The average molecular weight is 216 g/mol. The molecule has 0 aliphatic heterocycles. The van der Waals surface area contributed by atoms with Crippen molar-refractivity contribution in [2.24, 2.45) is 0 Å². The van der Waals surface area contributed by atoms with E-state index < -0.39 is 0 Å². The van der Waals surface area contributed by atoms with Gasteiger partial charge < -0.3 is 10.1 Å². The summed E-state index contributed by atoms with van der Waals surface area (Å²) in [6.45, 7) is 3.58. The zero-order valence-electron chi connectivity index (χ0n) is 9.66. The fourth-order valence-corrected chi connectivity index (χ4v) is 1.78. The first-order chi connectivity index (χ1) is 7.85. The molecule has 0 bridgehead atoms. The summed E-state index contributed by atoms with van der Waals surface area (Å²) in [5, 5.41) is 5.62. The number of pyridine rings is 1. The predicted molar refractivity (Wildman–Crippen MR) is 66.6 cm³/mol. The number of rotatable bonds is 4. The van der Waals surface area contributed by atoms with Crippen molar-refractivity contribution >= 4 is 16.6 Å². The lowest BCUT2D eigenvalue weighted by Crippen LogP contribution is -2.00. The fraction of sp³-hybridized carbons (Fsp3) is 0.308. The summed E-state index contributed by atoms with van der Waals surface area (Å²) in [6, 6.07) is 8.34. The van der Waals surface area contributed by atoms with Crippen LogP contribution in [0.4, 0.5) is 5.82 Å². The Morgan fingerprint density at radius 3 is 2.94 bits per heavy atom.